The smallest absolute Gasteiger partial charge is 0.340 e. The van der Waals surface area contributed by atoms with Crippen LogP contribution in [0.1, 0.15) is 62.8 Å². The number of hydrogen-bond acceptors (Lipinski definition) is 7. The summed E-state index contributed by atoms with van der Waals surface area (Å²) >= 11 is 0. The van der Waals surface area contributed by atoms with Crippen LogP contribution < -0.4 is 0 Å². The fourth-order valence-corrected chi connectivity index (χ4v) is 3.42. The molecule has 5 rings (SSSR count). The normalized spacial score (nSPS) is 15.6. The SMILES string of the molecule is CCn1cnc(C2CCC(OC(=O)c3ccccc3)O2)n1.O=C(O)c1ccccc1.O=C(O)c1ccccc1. The Morgan fingerprint density at radius 1 is 0.821 bits per heavy atom. The Kier molecular flexibility index (Phi) is 10.9. The molecule has 3 aromatic carbocycles. The number of aryl methyl sites for hydroxylation is 1. The number of aromatic carboxylic acids is 2. The summed E-state index contributed by atoms with van der Waals surface area (Å²) in [5, 5.41) is 21.1. The van der Waals surface area contributed by atoms with Crippen LogP contribution in [-0.4, -0.2) is 49.2 Å². The quantitative estimate of drug-likeness (QED) is 0.325. The summed E-state index contributed by atoms with van der Waals surface area (Å²) < 4.78 is 12.8. The number of aromatic nitrogens is 3. The van der Waals surface area contributed by atoms with E-state index in [2.05, 4.69) is 10.1 Å². The van der Waals surface area contributed by atoms with Gasteiger partial charge in [0.25, 0.3) is 0 Å². The first-order chi connectivity index (χ1) is 18.9. The van der Waals surface area contributed by atoms with Crippen LogP contribution in [0.5, 0.6) is 0 Å². The van der Waals surface area contributed by atoms with Gasteiger partial charge in [-0.3, -0.25) is 4.68 Å². The molecular weight excluding hydrogens is 502 g/mol. The average Bonchev–Trinajstić information content (AvgIpc) is 3.65. The van der Waals surface area contributed by atoms with Gasteiger partial charge in [-0.25, -0.2) is 19.4 Å². The maximum atomic E-state index is 12.0. The number of hydrogen-bond donors (Lipinski definition) is 2. The first-order valence-electron chi connectivity index (χ1n) is 12.2. The number of carboxylic acid groups (broad SMARTS) is 2. The molecule has 2 unspecified atom stereocenters. The number of rotatable bonds is 6. The molecule has 0 aliphatic carbocycles. The van der Waals surface area contributed by atoms with E-state index in [-0.39, 0.29) is 12.1 Å². The lowest BCUT2D eigenvalue weighted by Gasteiger charge is -2.12. The van der Waals surface area contributed by atoms with Gasteiger partial charge in [0.05, 0.1) is 16.7 Å². The van der Waals surface area contributed by atoms with Crippen molar-refractivity contribution in [2.24, 2.45) is 0 Å². The number of carboxylic acids is 2. The van der Waals surface area contributed by atoms with Gasteiger partial charge in [0, 0.05) is 13.0 Å². The molecule has 4 aromatic rings. The number of carbonyl (C=O) groups is 3. The van der Waals surface area contributed by atoms with Gasteiger partial charge in [-0.05, 0) is 49.7 Å². The second-order valence-electron chi connectivity index (χ2n) is 8.20. The van der Waals surface area contributed by atoms with Crippen LogP contribution >= 0.6 is 0 Å². The Morgan fingerprint density at radius 2 is 1.31 bits per heavy atom. The van der Waals surface area contributed by atoms with Crippen molar-refractivity contribution in [1.82, 2.24) is 14.8 Å². The maximum Gasteiger partial charge on any atom is 0.340 e. The average molecular weight is 532 g/mol. The summed E-state index contributed by atoms with van der Waals surface area (Å²) in [4.78, 5) is 36.6. The van der Waals surface area contributed by atoms with E-state index in [0.29, 0.717) is 28.9 Å². The van der Waals surface area contributed by atoms with Crippen molar-refractivity contribution >= 4 is 17.9 Å². The zero-order valence-electron chi connectivity index (χ0n) is 21.3. The predicted molar refractivity (Wildman–Crippen MR) is 141 cm³/mol. The van der Waals surface area contributed by atoms with Crippen LogP contribution in [-0.2, 0) is 16.0 Å². The molecule has 0 saturated carbocycles. The summed E-state index contributed by atoms with van der Waals surface area (Å²) in [7, 11) is 0. The molecule has 0 bridgehead atoms. The van der Waals surface area contributed by atoms with Crippen LogP contribution in [0.25, 0.3) is 0 Å². The van der Waals surface area contributed by atoms with Crippen molar-refractivity contribution in [1.29, 1.82) is 0 Å². The second-order valence-corrected chi connectivity index (χ2v) is 8.20. The molecule has 0 radical (unpaired) electrons. The molecular formula is C29H29N3O7. The monoisotopic (exact) mass is 531 g/mol. The first kappa shape index (κ1) is 28.7. The maximum absolute atomic E-state index is 12.0. The molecule has 2 atom stereocenters. The molecule has 1 aromatic heterocycles. The van der Waals surface area contributed by atoms with Gasteiger partial charge in [0.1, 0.15) is 12.4 Å². The fourth-order valence-electron chi connectivity index (χ4n) is 3.42. The summed E-state index contributed by atoms with van der Waals surface area (Å²) in [6, 6.07) is 25.5. The predicted octanol–water partition coefficient (Wildman–Crippen LogP) is 5.10. The molecule has 202 valence electrons. The van der Waals surface area contributed by atoms with E-state index in [4.69, 9.17) is 19.7 Å². The van der Waals surface area contributed by atoms with Crippen LogP contribution in [0.3, 0.4) is 0 Å². The number of ether oxygens (including phenoxy) is 2. The zero-order chi connectivity index (χ0) is 28.0. The van der Waals surface area contributed by atoms with Crippen molar-refractivity contribution in [3.05, 3.63) is 120 Å². The third-order valence-electron chi connectivity index (χ3n) is 5.44. The van der Waals surface area contributed by atoms with Crippen molar-refractivity contribution < 1.29 is 34.1 Å². The highest BCUT2D eigenvalue weighted by molar-refractivity contribution is 5.89. The van der Waals surface area contributed by atoms with E-state index in [1.807, 2.05) is 13.0 Å². The Hall–Kier alpha value is -4.83. The number of nitrogens with zero attached hydrogens (tertiary/aromatic N) is 3. The molecule has 10 heteroatoms. The van der Waals surface area contributed by atoms with E-state index in [9.17, 15) is 14.4 Å². The fraction of sp³-hybridized carbons (Fsp3) is 0.207. The van der Waals surface area contributed by atoms with Crippen LogP contribution in [0.15, 0.2) is 97.3 Å². The molecule has 39 heavy (non-hydrogen) atoms. The Morgan fingerprint density at radius 3 is 1.72 bits per heavy atom. The minimum absolute atomic E-state index is 0.202. The lowest BCUT2D eigenvalue weighted by Crippen LogP contribution is -2.17. The minimum Gasteiger partial charge on any atom is -0.478 e. The number of benzene rings is 3. The van der Waals surface area contributed by atoms with Gasteiger partial charge in [-0.1, -0.05) is 54.6 Å². The van der Waals surface area contributed by atoms with Gasteiger partial charge in [0.2, 0.25) is 6.29 Å². The minimum atomic E-state index is -0.879. The Bertz CT molecular complexity index is 1280. The number of carbonyl (C=O) groups excluding carboxylic acids is 1. The van der Waals surface area contributed by atoms with Gasteiger partial charge in [-0.15, -0.1) is 0 Å². The van der Waals surface area contributed by atoms with E-state index >= 15 is 0 Å². The third kappa shape index (κ3) is 9.20. The Labute approximate surface area is 225 Å². The van der Waals surface area contributed by atoms with Crippen LogP contribution in [0, 0.1) is 0 Å². The summed E-state index contributed by atoms with van der Waals surface area (Å²) in [6.07, 6.45) is 2.36. The lowest BCUT2D eigenvalue weighted by atomic mass is 10.2. The van der Waals surface area contributed by atoms with E-state index in [1.54, 1.807) is 95.9 Å². The molecule has 2 heterocycles. The van der Waals surface area contributed by atoms with Gasteiger partial charge < -0.3 is 19.7 Å². The standard InChI is InChI=1S/C15H17N3O3.2C7H6O2/c1-2-18-10-16-14(17-18)12-8-9-13(20-12)21-15(19)11-6-4-3-5-7-11;2*8-7(9)6-4-2-1-3-5-6/h3-7,10,12-13H,2,8-9H2,1H3;2*1-5H,(H,8,9). The highest BCUT2D eigenvalue weighted by Crippen LogP contribution is 2.31. The molecule has 0 spiro atoms. The molecule has 1 aliphatic rings. The molecule has 1 fully saturated rings. The van der Waals surface area contributed by atoms with Crippen LogP contribution in [0.4, 0.5) is 0 Å². The number of esters is 1. The van der Waals surface area contributed by atoms with Gasteiger partial charge >= 0.3 is 17.9 Å². The third-order valence-corrected chi connectivity index (χ3v) is 5.44. The summed E-state index contributed by atoms with van der Waals surface area (Å²) in [5.41, 5.74) is 1.19. The van der Waals surface area contributed by atoms with E-state index < -0.39 is 18.2 Å². The van der Waals surface area contributed by atoms with Crippen molar-refractivity contribution in [2.75, 3.05) is 0 Å². The highest BCUT2D eigenvalue weighted by atomic mass is 16.7. The largest absolute Gasteiger partial charge is 0.478 e. The highest BCUT2D eigenvalue weighted by Gasteiger charge is 2.31. The Balaban J connectivity index is 0.000000192. The van der Waals surface area contributed by atoms with Gasteiger partial charge in [-0.2, -0.15) is 5.10 Å². The summed E-state index contributed by atoms with van der Waals surface area (Å²) in [5.74, 6) is -1.48. The molecule has 2 N–H and O–H groups in total. The molecule has 10 nitrogen and oxygen atoms in total. The molecule has 1 saturated heterocycles. The van der Waals surface area contributed by atoms with Crippen molar-refractivity contribution in [2.45, 2.75) is 38.7 Å². The lowest BCUT2D eigenvalue weighted by molar-refractivity contribution is -0.105. The summed E-state index contributed by atoms with van der Waals surface area (Å²) in [6.45, 7) is 2.77. The molecule has 1 aliphatic heterocycles. The van der Waals surface area contributed by atoms with Crippen molar-refractivity contribution in [3.8, 4) is 0 Å². The topological polar surface area (TPSA) is 141 Å². The van der Waals surface area contributed by atoms with Crippen molar-refractivity contribution in [3.63, 3.8) is 0 Å². The first-order valence-corrected chi connectivity index (χ1v) is 12.2. The zero-order valence-corrected chi connectivity index (χ0v) is 21.3. The van der Waals surface area contributed by atoms with Gasteiger partial charge in [0.15, 0.2) is 5.82 Å². The molecule has 0 amide bonds. The second kappa shape index (κ2) is 14.8. The van der Waals surface area contributed by atoms with Crippen LogP contribution in [0.2, 0.25) is 0 Å². The van der Waals surface area contributed by atoms with E-state index in [1.165, 1.54) is 0 Å². The van der Waals surface area contributed by atoms with E-state index in [0.717, 1.165) is 13.0 Å².